The van der Waals surface area contributed by atoms with Crippen molar-refractivity contribution < 1.29 is 24.2 Å². The highest BCUT2D eigenvalue weighted by Gasteiger charge is 2.13. The van der Waals surface area contributed by atoms with Gasteiger partial charge in [0.05, 0.1) is 32.5 Å². The summed E-state index contributed by atoms with van der Waals surface area (Å²) in [6.45, 7) is 2.01. The zero-order valence-corrected chi connectivity index (χ0v) is 14.8. The fourth-order valence-electron chi connectivity index (χ4n) is 1.89. The van der Waals surface area contributed by atoms with Crippen molar-refractivity contribution in [3.05, 3.63) is 35.9 Å². The molecule has 9 heteroatoms. The topological polar surface area (TPSA) is 123 Å². The Morgan fingerprint density at radius 1 is 1.00 bits per heavy atom. The zero-order chi connectivity index (χ0) is 17.6. The number of nitrogens with two attached hydrogens (primary N) is 1. The summed E-state index contributed by atoms with van der Waals surface area (Å²) in [7, 11) is 0. The molecular weight excluding hydrogens is 350 g/mol. The Balaban J connectivity index is 0.00000576. The fraction of sp³-hybridized carbons (Fsp3) is 0.500. The highest BCUT2D eigenvalue weighted by atomic mass is 35.5. The van der Waals surface area contributed by atoms with E-state index >= 15 is 0 Å². The Labute approximate surface area is 153 Å². The largest absolute Gasteiger partial charge is 0.465 e. The van der Waals surface area contributed by atoms with Gasteiger partial charge in [0.1, 0.15) is 0 Å². The molecule has 2 amide bonds. The van der Waals surface area contributed by atoms with Gasteiger partial charge < -0.3 is 30.9 Å². The van der Waals surface area contributed by atoms with Crippen molar-refractivity contribution in [2.75, 3.05) is 39.5 Å². The van der Waals surface area contributed by atoms with Crippen LogP contribution >= 0.6 is 12.4 Å². The Morgan fingerprint density at radius 3 is 2.12 bits per heavy atom. The quantitative estimate of drug-likeness (QED) is 0.392. The highest BCUT2D eigenvalue weighted by Crippen LogP contribution is 2.01. The third kappa shape index (κ3) is 12.2. The minimum Gasteiger partial charge on any atom is -0.465 e. The summed E-state index contributed by atoms with van der Waals surface area (Å²) in [5, 5.41) is 13.3. The number of nitrogens with one attached hydrogen (secondary N) is 2. The van der Waals surface area contributed by atoms with E-state index in [1.807, 2.05) is 30.3 Å². The fourth-order valence-corrected chi connectivity index (χ4v) is 1.89. The molecule has 0 spiro atoms. The van der Waals surface area contributed by atoms with E-state index in [1.54, 1.807) is 0 Å². The van der Waals surface area contributed by atoms with Crippen LogP contribution in [0.5, 0.6) is 0 Å². The molecule has 8 nitrogen and oxygen atoms in total. The molecule has 5 N–H and O–H groups in total. The summed E-state index contributed by atoms with van der Waals surface area (Å²) >= 11 is 0. The van der Waals surface area contributed by atoms with Crippen molar-refractivity contribution in [1.29, 1.82) is 0 Å². The highest BCUT2D eigenvalue weighted by molar-refractivity contribution is 5.85. The maximum atomic E-state index is 11.8. The number of carboxylic acid groups (broad SMARTS) is 1. The standard InChI is InChI=1S/C16H25N3O5.ClH/c17-14(12-13-4-2-1-3-5-13)15(20)18-6-8-23-10-11-24-9-7-19-16(21)22;/h1-5,14,19H,6-12,17H2,(H,18,20)(H,21,22);1H. The van der Waals surface area contributed by atoms with Crippen LogP contribution in [0.1, 0.15) is 5.56 Å². The Morgan fingerprint density at radius 2 is 1.56 bits per heavy atom. The lowest BCUT2D eigenvalue weighted by Crippen LogP contribution is -2.43. The van der Waals surface area contributed by atoms with Crippen molar-refractivity contribution >= 4 is 24.4 Å². The summed E-state index contributed by atoms with van der Waals surface area (Å²) in [4.78, 5) is 22.0. The SMILES string of the molecule is Cl.NC(Cc1ccccc1)C(=O)NCCOCCOCCNC(=O)O. The molecule has 1 atom stereocenters. The number of amides is 2. The molecule has 0 aliphatic carbocycles. The van der Waals surface area contributed by atoms with Crippen molar-refractivity contribution in [3.8, 4) is 0 Å². The molecule has 0 aromatic heterocycles. The second-order valence-electron chi connectivity index (χ2n) is 5.04. The summed E-state index contributed by atoms with van der Waals surface area (Å²) < 4.78 is 10.5. The smallest absolute Gasteiger partial charge is 0.404 e. The van der Waals surface area contributed by atoms with Crippen LogP contribution in [-0.2, 0) is 20.7 Å². The number of hydrogen-bond donors (Lipinski definition) is 4. The molecular formula is C16H26ClN3O5. The molecule has 0 heterocycles. The first-order valence-electron chi connectivity index (χ1n) is 7.79. The normalized spacial score (nSPS) is 11.2. The average molecular weight is 376 g/mol. The van der Waals surface area contributed by atoms with Crippen LogP contribution in [-0.4, -0.2) is 62.7 Å². The van der Waals surface area contributed by atoms with E-state index in [1.165, 1.54) is 0 Å². The van der Waals surface area contributed by atoms with Gasteiger partial charge in [0.2, 0.25) is 5.91 Å². The summed E-state index contributed by atoms with van der Waals surface area (Å²) in [5.74, 6) is -0.210. The number of ether oxygens (including phenoxy) is 2. The average Bonchev–Trinajstić information content (AvgIpc) is 2.57. The number of halogens is 1. The minimum atomic E-state index is -1.07. The Kier molecular flexibility index (Phi) is 13.4. The number of rotatable bonds is 12. The second-order valence-corrected chi connectivity index (χ2v) is 5.04. The van der Waals surface area contributed by atoms with E-state index < -0.39 is 12.1 Å². The van der Waals surface area contributed by atoms with Gasteiger partial charge in [-0.3, -0.25) is 4.79 Å². The van der Waals surface area contributed by atoms with Crippen LogP contribution in [0, 0.1) is 0 Å². The van der Waals surface area contributed by atoms with Crippen molar-refractivity contribution in [2.45, 2.75) is 12.5 Å². The zero-order valence-electron chi connectivity index (χ0n) is 14.0. The van der Waals surface area contributed by atoms with E-state index in [-0.39, 0.29) is 24.9 Å². The predicted octanol–water partition coefficient (Wildman–Crippen LogP) is 0.395. The van der Waals surface area contributed by atoms with Gasteiger partial charge in [0.15, 0.2) is 0 Å². The summed E-state index contributed by atoms with van der Waals surface area (Å²) in [6.07, 6.45) is -0.581. The maximum absolute atomic E-state index is 11.8. The molecule has 0 aliphatic heterocycles. The first-order chi connectivity index (χ1) is 11.6. The number of hydrogen-bond acceptors (Lipinski definition) is 5. The lowest BCUT2D eigenvalue weighted by molar-refractivity contribution is -0.122. The van der Waals surface area contributed by atoms with Gasteiger partial charge in [0, 0.05) is 13.1 Å². The molecule has 1 aromatic carbocycles. The van der Waals surface area contributed by atoms with Crippen molar-refractivity contribution in [1.82, 2.24) is 10.6 Å². The molecule has 0 saturated carbocycles. The molecule has 0 radical (unpaired) electrons. The molecule has 0 fully saturated rings. The molecule has 0 aliphatic rings. The van der Waals surface area contributed by atoms with Crippen molar-refractivity contribution in [2.24, 2.45) is 5.73 Å². The third-order valence-electron chi connectivity index (χ3n) is 3.08. The van der Waals surface area contributed by atoms with Gasteiger partial charge in [0.25, 0.3) is 0 Å². The molecule has 1 rings (SSSR count). The lowest BCUT2D eigenvalue weighted by atomic mass is 10.1. The van der Waals surface area contributed by atoms with Gasteiger partial charge in [-0.05, 0) is 12.0 Å². The Hall–Kier alpha value is -1.87. The minimum absolute atomic E-state index is 0. The number of benzene rings is 1. The number of carbonyl (C=O) groups is 2. The van der Waals surface area contributed by atoms with Gasteiger partial charge >= 0.3 is 6.09 Å². The summed E-state index contributed by atoms with van der Waals surface area (Å²) in [5.41, 5.74) is 6.88. The van der Waals surface area contributed by atoms with Crippen LogP contribution in [0.3, 0.4) is 0 Å². The predicted molar refractivity (Wildman–Crippen MR) is 96.0 cm³/mol. The molecule has 1 unspecified atom stereocenters. The van der Waals surface area contributed by atoms with Gasteiger partial charge in [-0.25, -0.2) is 4.79 Å². The molecule has 142 valence electrons. The lowest BCUT2D eigenvalue weighted by Gasteiger charge is -2.12. The van der Waals surface area contributed by atoms with Gasteiger partial charge in [-0.1, -0.05) is 30.3 Å². The van der Waals surface area contributed by atoms with Crippen LogP contribution in [0.15, 0.2) is 30.3 Å². The second kappa shape index (κ2) is 14.5. The number of carbonyl (C=O) groups excluding carboxylic acids is 1. The van der Waals surface area contributed by atoms with E-state index in [0.717, 1.165) is 5.56 Å². The first kappa shape index (κ1) is 23.1. The van der Waals surface area contributed by atoms with E-state index in [9.17, 15) is 9.59 Å². The maximum Gasteiger partial charge on any atom is 0.404 e. The van der Waals surface area contributed by atoms with Gasteiger partial charge in [-0.2, -0.15) is 0 Å². The van der Waals surface area contributed by atoms with E-state index in [4.69, 9.17) is 20.3 Å². The van der Waals surface area contributed by atoms with Crippen LogP contribution in [0.25, 0.3) is 0 Å². The molecule has 1 aromatic rings. The third-order valence-corrected chi connectivity index (χ3v) is 3.08. The van der Waals surface area contributed by atoms with E-state index in [0.29, 0.717) is 39.4 Å². The van der Waals surface area contributed by atoms with Crippen LogP contribution < -0.4 is 16.4 Å². The van der Waals surface area contributed by atoms with Crippen LogP contribution in [0.4, 0.5) is 4.79 Å². The molecule has 25 heavy (non-hydrogen) atoms. The summed E-state index contributed by atoms with van der Waals surface area (Å²) in [6, 6.07) is 9.02. The van der Waals surface area contributed by atoms with Gasteiger partial charge in [-0.15, -0.1) is 12.4 Å². The van der Waals surface area contributed by atoms with Crippen molar-refractivity contribution in [3.63, 3.8) is 0 Å². The van der Waals surface area contributed by atoms with Crippen LogP contribution in [0.2, 0.25) is 0 Å². The first-order valence-corrected chi connectivity index (χ1v) is 7.79. The molecule has 0 saturated heterocycles. The van der Waals surface area contributed by atoms with E-state index in [2.05, 4.69) is 10.6 Å². The molecule has 0 bridgehead atoms. The monoisotopic (exact) mass is 375 g/mol. The Bertz CT molecular complexity index is 490.